The molecular formula is C23H32Cl2N4O3S. The molecule has 1 aromatic heterocycles. The van der Waals surface area contributed by atoms with E-state index in [4.69, 9.17) is 11.6 Å². The van der Waals surface area contributed by atoms with E-state index in [-0.39, 0.29) is 28.4 Å². The molecule has 1 N–H and O–H groups in total. The van der Waals surface area contributed by atoms with Gasteiger partial charge in [0, 0.05) is 55.2 Å². The fourth-order valence-electron chi connectivity index (χ4n) is 4.02. The summed E-state index contributed by atoms with van der Waals surface area (Å²) in [6.07, 6.45) is 4.24. The number of nitrogens with one attached hydrogen (secondary N) is 1. The third-order valence-corrected chi connectivity index (χ3v) is 6.95. The minimum atomic E-state index is -0.342. The van der Waals surface area contributed by atoms with Gasteiger partial charge in [0.1, 0.15) is 0 Å². The van der Waals surface area contributed by atoms with E-state index in [0.717, 1.165) is 68.8 Å². The van der Waals surface area contributed by atoms with Crippen LogP contribution in [0.2, 0.25) is 5.02 Å². The van der Waals surface area contributed by atoms with Crippen LogP contribution >= 0.6 is 35.3 Å². The second kappa shape index (κ2) is 13.7. The smallest absolute Gasteiger partial charge is 0.324 e. The van der Waals surface area contributed by atoms with Crippen LogP contribution in [0.4, 0.5) is 9.80 Å². The maximum Gasteiger partial charge on any atom is 0.324 e. The summed E-state index contributed by atoms with van der Waals surface area (Å²) >= 11 is 7.25. The van der Waals surface area contributed by atoms with Gasteiger partial charge in [-0.1, -0.05) is 54.8 Å². The van der Waals surface area contributed by atoms with E-state index in [1.807, 2.05) is 35.2 Å². The van der Waals surface area contributed by atoms with Gasteiger partial charge in [0.25, 0.3) is 0 Å². The fraction of sp³-hybridized carbons (Fsp3) is 0.522. The van der Waals surface area contributed by atoms with E-state index >= 15 is 0 Å². The molecule has 0 radical (unpaired) electrons. The Labute approximate surface area is 210 Å². The van der Waals surface area contributed by atoms with Crippen LogP contribution in [0.25, 0.3) is 0 Å². The quantitative estimate of drug-likeness (QED) is 0.228. The third kappa shape index (κ3) is 8.77. The van der Waals surface area contributed by atoms with Crippen molar-refractivity contribution >= 4 is 46.4 Å². The molecule has 0 unspecified atom stereocenters. The minimum Gasteiger partial charge on any atom is -0.338 e. The number of nitro groups is 1. The summed E-state index contributed by atoms with van der Waals surface area (Å²) < 4.78 is 0. The highest BCUT2D eigenvalue weighted by molar-refractivity contribution is 7.15. The average molecular weight is 516 g/mol. The first-order chi connectivity index (χ1) is 15.4. The number of hydrogen-bond donors (Lipinski definition) is 1. The van der Waals surface area contributed by atoms with Gasteiger partial charge >= 0.3 is 11.0 Å². The normalized spacial score (nSPS) is 15.5. The van der Waals surface area contributed by atoms with Crippen LogP contribution in [0.15, 0.2) is 36.4 Å². The molecule has 182 valence electrons. The van der Waals surface area contributed by atoms with Gasteiger partial charge in [0.2, 0.25) is 0 Å². The van der Waals surface area contributed by atoms with Crippen molar-refractivity contribution in [1.29, 1.82) is 0 Å². The first-order valence-electron chi connectivity index (χ1n) is 11.2. The predicted octanol–water partition coefficient (Wildman–Crippen LogP) is 5.96. The van der Waals surface area contributed by atoms with Crippen molar-refractivity contribution in [2.24, 2.45) is 5.92 Å². The van der Waals surface area contributed by atoms with Gasteiger partial charge in [-0.3, -0.25) is 15.0 Å². The first kappa shape index (κ1) is 27.4. The highest BCUT2D eigenvalue weighted by Gasteiger charge is 2.28. The lowest BCUT2D eigenvalue weighted by molar-refractivity contribution is -0.380. The van der Waals surface area contributed by atoms with Gasteiger partial charge in [-0.2, -0.15) is 0 Å². The van der Waals surface area contributed by atoms with E-state index < -0.39 is 0 Å². The lowest BCUT2D eigenvalue weighted by Gasteiger charge is -2.25. The van der Waals surface area contributed by atoms with Crippen molar-refractivity contribution < 1.29 is 9.72 Å². The Balaban J connectivity index is 0.00000385. The zero-order valence-electron chi connectivity index (χ0n) is 18.9. The van der Waals surface area contributed by atoms with Crippen LogP contribution in [0.3, 0.4) is 0 Å². The van der Waals surface area contributed by atoms with Gasteiger partial charge in [-0.25, -0.2) is 4.79 Å². The van der Waals surface area contributed by atoms with Crippen molar-refractivity contribution in [3.05, 3.63) is 62.0 Å². The maximum atomic E-state index is 12.4. The van der Waals surface area contributed by atoms with Gasteiger partial charge in [-0.05, 0) is 42.5 Å². The van der Waals surface area contributed by atoms with Crippen LogP contribution < -0.4 is 5.32 Å². The Morgan fingerprint density at radius 2 is 2.00 bits per heavy atom. The number of thiophene rings is 1. The molecule has 1 atom stereocenters. The molecular weight excluding hydrogens is 483 g/mol. The topological polar surface area (TPSA) is 78.7 Å². The van der Waals surface area contributed by atoms with E-state index in [1.54, 1.807) is 6.07 Å². The number of likely N-dealkylation sites (tertiary alicyclic amines) is 1. The number of urea groups is 1. The molecule has 3 rings (SSSR count). The molecule has 1 saturated heterocycles. The van der Waals surface area contributed by atoms with Crippen molar-refractivity contribution in [3.63, 3.8) is 0 Å². The summed E-state index contributed by atoms with van der Waals surface area (Å²) in [5, 5.41) is 15.0. The summed E-state index contributed by atoms with van der Waals surface area (Å²) in [7, 11) is 0. The zero-order chi connectivity index (χ0) is 22.9. The lowest BCUT2D eigenvalue weighted by atomic mass is 10.1. The number of nitrogens with zero attached hydrogens (tertiary/aromatic N) is 3. The van der Waals surface area contributed by atoms with Crippen molar-refractivity contribution in [1.82, 2.24) is 15.1 Å². The molecule has 0 bridgehead atoms. The molecule has 0 saturated carbocycles. The highest BCUT2D eigenvalue weighted by Crippen LogP contribution is 2.27. The molecule has 1 aliphatic rings. The van der Waals surface area contributed by atoms with Crippen molar-refractivity contribution in [3.8, 4) is 0 Å². The molecule has 2 heterocycles. The summed E-state index contributed by atoms with van der Waals surface area (Å²) in [6.45, 7) is 6.58. The average Bonchev–Trinajstić information content (AvgIpc) is 3.43. The maximum absolute atomic E-state index is 12.4. The Kier molecular flexibility index (Phi) is 11.4. The summed E-state index contributed by atoms with van der Waals surface area (Å²) in [5.74, 6) is 0.374. The number of rotatable bonds is 11. The predicted molar refractivity (Wildman–Crippen MR) is 136 cm³/mol. The molecule has 1 aliphatic heterocycles. The Morgan fingerprint density at radius 1 is 1.24 bits per heavy atom. The second-order valence-corrected chi connectivity index (χ2v) is 9.92. The number of halogens is 2. The third-order valence-electron chi connectivity index (χ3n) is 5.67. The van der Waals surface area contributed by atoms with Gasteiger partial charge in [0.05, 0.1) is 4.92 Å². The number of benzene rings is 1. The fourth-order valence-corrected chi connectivity index (χ4v) is 5.00. The number of amides is 2. The molecule has 0 spiro atoms. The largest absolute Gasteiger partial charge is 0.338 e. The van der Waals surface area contributed by atoms with E-state index in [0.29, 0.717) is 17.5 Å². The first-order valence-corrected chi connectivity index (χ1v) is 12.4. The number of carbonyl (C=O) groups is 1. The molecule has 2 amide bonds. The summed E-state index contributed by atoms with van der Waals surface area (Å²) in [4.78, 5) is 28.4. The standard InChI is InChI=1S/C23H31ClN4O3S.ClH/c1-2-3-4-12-25-23(29)27-13-11-19(16-27)15-26(14-18-5-7-20(24)8-6-18)17-21-9-10-22(32-21)28(30)31;/h5-10,19H,2-4,11-17H2,1H3,(H,25,29);1H/t19-;/m0./s1. The van der Waals surface area contributed by atoms with Crippen LogP contribution in [0.1, 0.15) is 43.0 Å². The lowest BCUT2D eigenvalue weighted by Crippen LogP contribution is -2.39. The van der Waals surface area contributed by atoms with E-state index in [2.05, 4.69) is 17.1 Å². The van der Waals surface area contributed by atoms with Gasteiger partial charge in [0.15, 0.2) is 0 Å². The van der Waals surface area contributed by atoms with Crippen molar-refractivity contribution in [2.45, 2.75) is 45.7 Å². The SMILES string of the molecule is CCCCCNC(=O)N1CC[C@@H](CN(Cc2ccc(Cl)cc2)Cc2ccc([N+](=O)[O-])s2)C1.Cl. The van der Waals surface area contributed by atoms with Gasteiger partial charge in [-0.15, -0.1) is 12.4 Å². The monoisotopic (exact) mass is 514 g/mol. The Bertz CT molecular complexity index is 894. The van der Waals surface area contributed by atoms with E-state index in [1.165, 1.54) is 11.3 Å². The molecule has 33 heavy (non-hydrogen) atoms. The van der Waals surface area contributed by atoms with E-state index in [9.17, 15) is 14.9 Å². The molecule has 1 fully saturated rings. The molecule has 2 aromatic rings. The van der Waals surface area contributed by atoms with Crippen molar-refractivity contribution in [2.75, 3.05) is 26.2 Å². The zero-order valence-corrected chi connectivity index (χ0v) is 21.3. The van der Waals surface area contributed by atoms with Crippen LogP contribution in [-0.4, -0.2) is 46.9 Å². The number of unbranched alkanes of at least 4 members (excludes halogenated alkanes) is 2. The molecule has 7 nitrogen and oxygen atoms in total. The molecule has 0 aliphatic carbocycles. The van der Waals surface area contributed by atoms with Gasteiger partial charge < -0.3 is 10.2 Å². The second-order valence-electron chi connectivity index (χ2n) is 8.33. The number of carbonyl (C=O) groups excluding carboxylic acids is 1. The highest BCUT2D eigenvalue weighted by atomic mass is 35.5. The van der Waals surface area contributed by atoms with Crippen LogP contribution in [0.5, 0.6) is 0 Å². The molecule has 1 aromatic carbocycles. The Morgan fingerprint density at radius 3 is 2.67 bits per heavy atom. The number of hydrogen-bond acceptors (Lipinski definition) is 5. The van der Waals surface area contributed by atoms with Crippen LogP contribution in [0, 0.1) is 16.0 Å². The van der Waals surface area contributed by atoms with Crippen LogP contribution in [-0.2, 0) is 13.1 Å². The molecule has 10 heteroatoms. The summed E-state index contributed by atoms with van der Waals surface area (Å²) in [6, 6.07) is 11.2. The summed E-state index contributed by atoms with van der Waals surface area (Å²) in [5.41, 5.74) is 1.14. The minimum absolute atomic E-state index is 0. The Hall–Kier alpha value is -1.87.